The molecule has 1 aliphatic rings. The minimum Gasteiger partial charge on any atom is -0.497 e. The van der Waals surface area contributed by atoms with Crippen LogP contribution in [0.1, 0.15) is 31.2 Å². The maximum Gasteiger partial charge on any atom is 0.119 e. The van der Waals surface area contributed by atoms with Crippen LogP contribution in [0.3, 0.4) is 0 Å². The number of methoxy groups -OCH3 is 1. The molecular weight excluding hydrogens is 314 g/mol. The molecule has 1 heterocycles. The molecule has 0 atom stereocenters. The Labute approximate surface area is 142 Å². The van der Waals surface area contributed by atoms with E-state index in [0.717, 1.165) is 54.8 Å². The molecule has 1 saturated carbocycles. The maximum absolute atomic E-state index is 9.57. The molecule has 23 heavy (non-hydrogen) atoms. The molecule has 126 valence electrons. The number of halogens is 1. The molecule has 0 bridgehead atoms. The average Bonchev–Trinajstić information content (AvgIpc) is 3.03. The van der Waals surface area contributed by atoms with Crippen LogP contribution in [0.5, 0.6) is 5.75 Å². The van der Waals surface area contributed by atoms with E-state index < -0.39 is 0 Å². The van der Waals surface area contributed by atoms with Gasteiger partial charge in [0, 0.05) is 23.7 Å². The number of nitrogens with zero attached hydrogens (tertiary/aromatic N) is 1. The summed E-state index contributed by atoms with van der Waals surface area (Å²) in [5.41, 5.74) is 3.26. The molecule has 0 amide bonds. The average molecular weight is 338 g/mol. The Balaban J connectivity index is 0.00000192. The first-order valence-electron chi connectivity index (χ1n) is 7.84. The van der Waals surface area contributed by atoms with Gasteiger partial charge >= 0.3 is 0 Å². The van der Waals surface area contributed by atoms with Crippen molar-refractivity contribution in [2.75, 3.05) is 7.11 Å². The van der Waals surface area contributed by atoms with Crippen molar-refractivity contribution >= 4 is 12.4 Å². The molecule has 3 rings (SSSR count). The number of H-pyrrole nitrogens is 1. The van der Waals surface area contributed by atoms with Gasteiger partial charge in [0.25, 0.3) is 0 Å². The van der Waals surface area contributed by atoms with Crippen LogP contribution >= 0.6 is 12.4 Å². The number of benzene rings is 1. The Kier molecular flexibility index (Phi) is 6.45. The molecule has 0 radical (unpaired) electrons. The van der Waals surface area contributed by atoms with Crippen molar-refractivity contribution in [3.05, 3.63) is 36.0 Å². The number of aromatic amines is 1. The summed E-state index contributed by atoms with van der Waals surface area (Å²) in [5, 5.41) is 20.4. The molecule has 1 fully saturated rings. The van der Waals surface area contributed by atoms with Gasteiger partial charge in [-0.05, 0) is 37.8 Å². The maximum atomic E-state index is 9.57. The number of nitrogens with one attached hydrogen (secondary N) is 2. The van der Waals surface area contributed by atoms with Crippen molar-refractivity contribution in [3.8, 4) is 17.0 Å². The minimum absolute atomic E-state index is 0. The van der Waals surface area contributed by atoms with E-state index in [2.05, 4.69) is 21.6 Å². The Morgan fingerprint density at radius 1 is 1.30 bits per heavy atom. The fourth-order valence-corrected chi connectivity index (χ4v) is 3.01. The summed E-state index contributed by atoms with van der Waals surface area (Å²) < 4.78 is 5.28. The standard InChI is InChI=1S/C17H23N3O2.ClH/c1-22-16-4-2-3-12(9-16)17-13(11-19-20-17)10-18-14-5-7-15(21)8-6-14;/h2-4,9,11,14-15,18,21H,5-8,10H2,1H3,(H,19,20);1H. The van der Waals surface area contributed by atoms with Crippen molar-refractivity contribution in [3.63, 3.8) is 0 Å². The predicted octanol–water partition coefficient (Wildman–Crippen LogP) is 2.90. The van der Waals surface area contributed by atoms with Crippen molar-refractivity contribution < 1.29 is 9.84 Å². The highest BCUT2D eigenvalue weighted by Gasteiger charge is 2.19. The van der Waals surface area contributed by atoms with Crippen molar-refractivity contribution in [2.24, 2.45) is 0 Å². The van der Waals surface area contributed by atoms with Crippen LogP contribution in [-0.4, -0.2) is 34.6 Å². The second kappa shape index (κ2) is 8.34. The van der Waals surface area contributed by atoms with Gasteiger partial charge in [-0.25, -0.2) is 0 Å². The summed E-state index contributed by atoms with van der Waals surface area (Å²) in [5.74, 6) is 0.840. The van der Waals surface area contributed by atoms with Gasteiger partial charge in [-0.2, -0.15) is 5.10 Å². The van der Waals surface area contributed by atoms with Gasteiger partial charge < -0.3 is 15.2 Å². The summed E-state index contributed by atoms with van der Waals surface area (Å²) >= 11 is 0. The molecule has 1 aromatic heterocycles. The minimum atomic E-state index is -0.112. The Bertz CT molecular complexity index is 609. The topological polar surface area (TPSA) is 70.2 Å². The molecular formula is C17H24ClN3O2. The second-order valence-corrected chi connectivity index (χ2v) is 5.89. The summed E-state index contributed by atoms with van der Waals surface area (Å²) in [6, 6.07) is 8.46. The van der Waals surface area contributed by atoms with Crippen LogP contribution < -0.4 is 10.1 Å². The number of hydrogen-bond acceptors (Lipinski definition) is 4. The highest BCUT2D eigenvalue weighted by molar-refractivity contribution is 5.85. The Hall–Kier alpha value is -1.56. The van der Waals surface area contributed by atoms with Crippen LogP contribution in [0.25, 0.3) is 11.3 Å². The SMILES string of the molecule is COc1cccc(-c2[nH]ncc2CNC2CCC(O)CC2)c1.Cl. The molecule has 0 saturated heterocycles. The third-order valence-corrected chi connectivity index (χ3v) is 4.35. The predicted molar refractivity (Wildman–Crippen MR) is 92.9 cm³/mol. The smallest absolute Gasteiger partial charge is 0.119 e. The zero-order chi connectivity index (χ0) is 15.4. The van der Waals surface area contributed by atoms with E-state index >= 15 is 0 Å². The first-order chi connectivity index (χ1) is 10.8. The van der Waals surface area contributed by atoms with Crippen molar-refractivity contribution in [2.45, 2.75) is 44.4 Å². The monoisotopic (exact) mass is 337 g/mol. The van der Waals surface area contributed by atoms with Crippen LogP contribution in [0.15, 0.2) is 30.5 Å². The van der Waals surface area contributed by atoms with E-state index in [1.165, 1.54) is 0 Å². The molecule has 6 heteroatoms. The summed E-state index contributed by atoms with van der Waals surface area (Å²) in [7, 11) is 1.67. The number of ether oxygens (including phenoxy) is 1. The van der Waals surface area contributed by atoms with E-state index in [4.69, 9.17) is 4.74 Å². The molecule has 5 nitrogen and oxygen atoms in total. The number of aromatic nitrogens is 2. The highest BCUT2D eigenvalue weighted by Crippen LogP contribution is 2.25. The lowest BCUT2D eigenvalue weighted by atomic mass is 9.93. The number of hydrogen-bond donors (Lipinski definition) is 3. The fraction of sp³-hybridized carbons (Fsp3) is 0.471. The summed E-state index contributed by atoms with van der Waals surface area (Å²) in [4.78, 5) is 0. The fourth-order valence-electron chi connectivity index (χ4n) is 3.01. The number of aliphatic hydroxyl groups excluding tert-OH is 1. The lowest BCUT2D eigenvalue weighted by Gasteiger charge is -2.26. The van der Waals surface area contributed by atoms with E-state index in [9.17, 15) is 5.11 Å². The lowest BCUT2D eigenvalue weighted by molar-refractivity contribution is 0.116. The van der Waals surface area contributed by atoms with Gasteiger partial charge in [-0.15, -0.1) is 12.4 Å². The van der Waals surface area contributed by atoms with Gasteiger partial charge in [0.05, 0.1) is 25.1 Å². The zero-order valence-corrected chi connectivity index (χ0v) is 14.1. The van der Waals surface area contributed by atoms with Crippen molar-refractivity contribution in [1.82, 2.24) is 15.5 Å². The van der Waals surface area contributed by atoms with Crippen LogP contribution in [0, 0.1) is 0 Å². The summed E-state index contributed by atoms with van der Waals surface area (Å²) in [6.07, 6.45) is 5.62. The molecule has 0 aliphatic heterocycles. The van der Waals surface area contributed by atoms with E-state index in [1.54, 1.807) is 7.11 Å². The highest BCUT2D eigenvalue weighted by atomic mass is 35.5. The first-order valence-corrected chi connectivity index (χ1v) is 7.84. The number of rotatable bonds is 5. The van der Waals surface area contributed by atoms with E-state index in [-0.39, 0.29) is 18.5 Å². The second-order valence-electron chi connectivity index (χ2n) is 5.89. The third-order valence-electron chi connectivity index (χ3n) is 4.35. The largest absolute Gasteiger partial charge is 0.497 e. The van der Waals surface area contributed by atoms with Crippen LogP contribution in [-0.2, 0) is 6.54 Å². The van der Waals surface area contributed by atoms with Crippen LogP contribution in [0.2, 0.25) is 0 Å². The van der Waals surface area contributed by atoms with Crippen molar-refractivity contribution in [1.29, 1.82) is 0 Å². The third kappa shape index (κ3) is 4.47. The van der Waals surface area contributed by atoms with Gasteiger partial charge in [0.1, 0.15) is 5.75 Å². The van der Waals surface area contributed by atoms with Gasteiger partial charge in [0.2, 0.25) is 0 Å². The number of aliphatic hydroxyl groups is 1. The first kappa shape index (κ1) is 17.8. The zero-order valence-electron chi connectivity index (χ0n) is 13.3. The molecule has 3 N–H and O–H groups in total. The molecule has 0 unspecified atom stereocenters. The van der Waals surface area contributed by atoms with E-state index in [1.807, 2.05) is 24.4 Å². The van der Waals surface area contributed by atoms with Gasteiger partial charge in [-0.3, -0.25) is 5.10 Å². The quantitative estimate of drug-likeness (QED) is 0.784. The molecule has 2 aromatic rings. The van der Waals surface area contributed by atoms with Gasteiger partial charge in [0.15, 0.2) is 0 Å². The normalized spacial score (nSPS) is 20.8. The van der Waals surface area contributed by atoms with Crippen LogP contribution in [0.4, 0.5) is 0 Å². The lowest BCUT2D eigenvalue weighted by Crippen LogP contribution is -2.34. The summed E-state index contributed by atoms with van der Waals surface area (Å²) in [6.45, 7) is 0.782. The molecule has 1 aromatic carbocycles. The van der Waals surface area contributed by atoms with E-state index in [0.29, 0.717) is 6.04 Å². The molecule has 0 spiro atoms. The molecule has 1 aliphatic carbocycles. The van der Waals surface area contributed by atoms with Gasteiger partial charge in [-0.1, -0.05) is 12.1 Å². The Morgan fingerprint density at radius 3 is 2.83 bits per heavy atom. The Morgan fingerprint density at radius 2 is 2.09 bits per heavy atom.